The highest BCUT2D eigenvalue weighted by Crippen LogP contribution is 2.29. The second-order valence-corrected chi connectivity index (χ2v) is 6.98. The maximum atomic E-state index is 5.90. The van der Waals surface area contributed by atoms with E-state index in [4.69, 9.17) is 9.47 Å². The van der Waals surface area contributed by atoms with Crippen LogP contribution in [0.25, 0.3) is 0 Å². The fraction of sp³-hybridized carbons (Fsp3) is 0.444. The molecule has 3 rings (SSSR count). The van der Waals surface area contributed by atoms with E-state index in [0.717, 1.165) is 37.7 Å². The van der Waals surface area contributed by atoms with Crippen LogP contribution in [-0.2, 0) is 13.2 Å². The zero-order valence-electron chi connectivity index (χ0n) is 14.2. The van der Waals surface area contributed by atoms with Gasteiger partial charge in [0.2, 0.25) is 0 Å². The van der Waals surface area contributed by atoms with Crippen molar-refractivity contribution >= 4 is 23.7 Å². The van der Waals surface area contributed by atoms with Crippen LogP contribution in [0, 0.1) is 0 Å². The molecule has 0 radical (unpaired) electrons. The second-order valence-electron chi connectivity index (χ2n) is 5.94. The molecule has 1 aromatic carbocycles. The Morgan fingerprint density at radius 2 is 2.17 bits per heavy atom. The van der Waals surface area contributed by atoms with Gasteiger partial charge in [-0.15, -0.1) is 23.7 Å². The zero-order valence-corrected chi connectivity index (χ0v) is 15.8. The molecule has 1 saturated heterocycles. The minimum Gasteiger partial charge on any atom is -0.493 e. The van der Waals surface area contributed by atoms with Gasteiger partial charge in [-0.2, -0.15) is 0 Å². The summed E-state index contributed by atoms with van der Waals surface area (Å²) in [5, 5.41) is 5.54. The summed E-state index contributed by atoms with van der Waals surface area (Å²) in [5.41, 5.74) is 1.26. The van der Waals surface area contributed by atoms with Gasteiger partial charge < -0.3 is 14.8 Å². The first-order chi connectivity index (χ1) is 11.2. The van der Waals surface area contributed by atoms with Crippen molar-refractivity contribution in [2.75, 3.05) is 26.7 Å². The molecule has 2 aromatic rings. The first-order valence-electron chi connectivity index (χ1n) is 8.02. The number of benzene rings is 1. The van der Waals surface area contributed by atoms with E-state index in [1.54, 1.807) is 18.4 Å². The highest BCUT2D eigenvalue weighted by atomic mass is 35.5. The number of nitrogens with zero attached hydrogens (tertiary/aromatic N) is 1. The Hall–Kier alpha value is -1.27. The number of thiophene rings is 1. The molecule has 1 aromatic heterocycles. The summed E-state index contributed by atoms with van der Waals surface area (Å²) in [7, 11) is 1.70. The molecule has 6 heteroatoms. The van der Waals surface area contributed by atoms with Gasteiger partial charge in [0.15, 0.2) is 11.5 Å². The van der Waals surface area contributed by atoms with Crippen LogP contribution < -0.4 is 14.8 Å². The van der Waals surface area contributed by atoms with Crippen molar-refractivity contribution in [1.29, 1.82) is 0 Å². The Morgan fingerprint density at radius 3 is 2.88 bits per heavy atom. The fourth-order valence-electron chi connectivity index (χ4n) is 2.89. The highest BCUT2D eigenvalue weighted by Gasteiger charge is 2.16. The van der Waals surface area contributed by atoms with Crippen molar-refractivity contribution in [3.05, 3.63) is 46.2 Å². The average Bonchev–Trinajstić information content (AvgIpc) is 3.07. The van der Waals surface area contributed by atoms with E-state index < -0.39 is 0 Å². The summed E-state index contributed by atoms with van der Waals surface area (Å²) in [6.45, 7) is 6.99. The Balaban J connectivity index is 0.00000208. The highest BCUT2D eigenvalue weighted by molar-refractivity contribution is 7.09. The number of ether oxygens (including phenoxy) is 2. The first-order valence-corrected chi connectivity index (χ1v) is 8.90. The van der Waals surface area contributed by atoms with E-state index in [2.05, 4.69) is 40.7 Å². The lowest BCUT2D eigenvalue weighted by Gasteiger charge is -2.31. The number of rotatable bonds is 6. The lowest BCUT2D eigenvalue weighted by molar-refractivity contribution is 0.199. The third kappa shape index (κ3) is 5.11. The molecule has 0 spiro atoms. The topological polar surface area (TPSA) is 33.7 Å². The smallest absolute Gasteiger partial charge is 0.161 e. The van der Waals surface area contributed by atoms with E-state index in [1.807, 2.05) is 12.1 Å². The van der Waals surface area contributed by atoms with Crippen LogP contribution in [0.1, 0.15) is 17.4 Å². The van der Waals surface area contributed by atoms with Crippen LogP contribution in [0.15, 0.2) is 35.7 Å². The molecule has 0 saturated carbocycles. The van der Waals surface area contributed by atoms with Gasteiger partial charge in [-0.3, -0.25) is 4.90 Å². The van der Waals surface area contributed by atoms with Gasteiger partial charge in [0.25, 0.3) is 0 Å². The lowest BCUT2D eigenvalue weighted by Crippen LogP contribution is -2.48. The molecule has 1 N–H and O–H groups in total. The molecule has 4 nitrogen and oxygen atoms in total. The van der Waals surface area contributed by atoms with Crippen LogP contribution in [0.3, 0.4) is 0 Å². The number of methoxy groups -OCH3 is 1. The molecule has 1 aliphatic heterocycles. The Labute approximate surface area is 154 Å². The summed E-state index contributed by atoms with van der Waals surface area (Å²) in [6.07, 6.45) is 0. The maximum Gasteiger partial charge on any atom is 0.161 e. The predicted molar refractivity (Wildman–Crippen MR) is 102 cm³/mol. The summed E-state index contributed by atoms with van der Waals surface area (Å²) < 4.78 is 11.4. The molecule has 0 bridgehead atoms. The Morgan fingerprint density at radius 1 is 1.29 bits per heavy atom. The van der Waals surface area contributed by atoms with Crippen LogP contribution in [0.2, 0.25) is 0 Å². The number of hydrogen-bond acceptors (Lipinski definition) is 5. The normalized spacial score (nSPS) is 18.0. The summed E-state index contributed by atoms with van der Waals surface area (Å²) in [5.74, 6) is 1.61. The molecule has 1 fully saturated rings. The van der Waals surface area contributed by atoms with Gasteiger partial charge in [0, 0.05) is 37.1 Å². The molecule has 132 valence electrons. The van der Waals surface area contributed by atoms with Gasteiger partial charge >= 0.3 is 0 Å². The van der Waals surface area contributed by atoms with Crippen LogP contribution in [-0.4, -0.2) is 37.7 Å². The largest absolute Gasteiger partial charge is 0.493 e. The van der Waals surface area contributed by atoms with Gasteiger partial charge in [-0.1, -0.05) is 12.1 Å². The van der Waals surface area contributed by atoms with Crippen molar-refractivity contribution < 1.29 is 9.47 Å². The van der Waals surface area contributed by atoms with Crippen LogP contribution in [0.5, 0.6) is 11.5 Å². The van der Waals surface area contributed by atoms with Crippen molar-refractivity contribution in [3.63, 3.8) is 0 Å². The molecular weight excluding hydrogens is 344 g/mol. The Kier molecular flexibility index (Phi) is 7.37. The van der Waals surface area contributed by atoms with Gasteiger partial charge in [0.05, 0.1) is 7.11 Å². The standard InChI is InChI=1S/C18H24N2O2S.ClH/c1-14-11-20(8-7-19-14)12-15-5-6-17(18(10-15)21-2)22-13-16-4-3-9-23-16;/h3-6,9-10,14,19H,7-8,11-13H2,1-2H3;1H/t14-;/m1./s1. The average molecular weight is 369 g/mol. The predicted octanol–water partition coefficient (Wildman–Crippen LogP) is 3.55. The summed E-state index contributed by atoms with van der Waals surface area (Å²) >= 11 is 1.70. The van der Waals surface area contributed by atoms with E-state index in [1.165, 1.54) is 10.4 Å². The van der Waals surface area contributed by atoms with Gasteiger partial charge in [-0.25, -0.2) is 0 Å². The number of hydrogen-bond donors (Lipinski definition) is 1. The summed E-state index contributed by atoms with van der Waals surface area (Å²) in [6, 6.07) is 10.9. The molecule has 1 aliphatic rings. The third-order valence-electron chi connectivity index (χ3n) is 4.04. The number of halogens is 1. The molecule has 24 heavy (non-hydrogen) atoms. The maximum absolute atomic E-state index is 5.90. The minimum absolute atomic E-state index is 0. The van der Waals surface area contributed by atoms with E-state index in [0.29, 0.717) is 12.6 Å². The molecule has 1 atom stereocenters. The molecular formula is C18H25ClN2O2S. The molecule has 2 heterocycles. The van der Waals surface area contributed by atoms with Gasteiger partial charge in [-0.05, 0) is 36.1 Å². The van der Waals surface area contributed by atoms with E-state index in [-0.39, 0.29) is 12.4 Å². The zero-order chi connectivity index (χ0) is 16.1. The van der Waals surface area contributed by atoms with Crippen molar-refractivity contribution in [3.8, 4) is 11.5 Å². The van der Waals surface area contributed by atoms with E-state index in [9.17, 15) is 0 Å². The Bertz CT molecular complexity index is 621. The van der Waals surface area contributed by atoms with E-state index >= 15 is 0 Å². The third-order valence-corrected chi connectivity index (χ3v) is 4.89. The summed E-state index contributed by atoms with van der Waals surface area (Å²) in [4.78, 5) is 3.69. The molecule has 0 aliphatic carbocycles. The first kappa shape index (κ1) is 19.1. The lowest BCUT2D eigenvalue weighted by atomic mass is 10.1. The fourth-order valence-corrected chi connectivity index (χ4v) is 3.50. The second kappa shape index (κ2) is 9.28. The quantitative estimate of drug-likeness (QED) is 0.845. The van der Waals surface area contributed by atoms with Crippen molar-refractivity contribution in [2.24, 2.45) is 0 Å². The minimum atomic E-state index is 0. The van der Waals surface area contributed by atoms with Crippen LogP contribution in [0.4, 0.5) is 0 Å². The molecule has 0 amide bonds. The van der Waals surface area contributed by atoms with Crippen molar-refractivity contribution in [2.45, 2.75) is 26.1 Å². The van der Waals surface area contributed by atoms with Crippen LogP contribution >= 0.6 is 23.7 Å². The SMILES string of the molecule is COc1cc(CN2CCN[C@H](C)C2)ccc1OCc1cccs1.Cl. The van der Waals surface area contributed by atoms with Gasteiger partial charge in [0.1, 0.15) is 6.61 Å². The number of nitrogens with one attached hydrogen (secondary N) is 1. The monoisotopic (exact) mass is 368 g/mol. The molecule has 0 unspecified atom stereocenters. The van der Waals surface area contributed by atoms with Crippen molar-refractivity contribution in [1.82, 2.24) is 10.2 Å². The number of piperazine rings is 1.